The largest absolute Gasteiger partial charge is 0.345 e. The number of amides is 1. The fourth-order valence-electron chi connectivity index (χ4n) is 3.36. The van der Waals surface area contributed by atoms with Gasteiger partial charge in [0.05, 0.1) is 21.4 Å². The van der Waals surface area contributed by atoms with Crippen LogP contribution in [0.15, 0.2) is 30.3 Å². The summed E-state index contributed by atoms with van der Waals surface area (Å²) in [7, 11) is 1.47. The number of rotatable bonds is 3. The van der Waals surface area contributed by atoms with E-state index in [-0.39, 0.29) is 17.4 Å². The predicted molar refractivity (Wildman–Crippen MR) is 104 cm³/mol. The molecule has 2 N–H and O–H groups in total. The van der Waals surface area contributed by atoms with Gasteiger partial charge < -0.3 is 5.32 Å². The zero-order chi connectivity index (χ0) is 20.9. The van der Waals surface area contributed by atoms with E-state index in [2.05, 4.69) is 5.32 Å². The van der Waals surface area contributed by atoms with Gasteiger partial charge >= 0.3 is 0 Å². The van der Waals surface area contributed by atoms with Crippen LogP contribution >= 0.6 is 22.9 Å². The third-order valence-corrected chi connectivity index (χ3v) is 6.58. The average molecular weight is 423 g/mol. The highest BCUT2D eigenvalue weighted by molar-refractivity contribution is 7.13. The number of guanidine groups is 1. The van der Waals surface area contributed by atoms with Gasteiger partial charge in [0.1, 0.15) is 10.9 Å². The van der Waals surface area contributed by atoms with E-state index in [0.717, 1.165) is 18.3 Å². The molecule has 28 heavy (non-hydrogen) atoms. The van der Waals surface area contributed by atoms with Crippen LogP contribution in [0, 0.1) is 16.7 Å². The normalized spacial score (nSPS) is 22.8. The van der Waals surface area contributed by atoms with E-state index in [4.69, 9.17) is 17.0 Å². The molecule has 1 aromatic heterocycles. The topological polar surface area (TPSA) is 80.0 Å². The van der Waals surface area contributed by atoms with Crippen molar-refractivity contribution in [3.05, 3.63) is 56.2 Å². The van der Waals surface area contributed by atoms with Gasteiger partial charge in [0.15, 0.2) is 5.96 Å². The maximum atomic E-state index is 13.6. The van der Waals surface area contributed by atoms with Crippen molar-refractivity contribution in [3.8, 4) is 6.07 Å². The number of carbonyl (C=O) groups excluding carboxylic acids is 1. The van der Waals surface area contributed by atoms with E-state index in [1.54, 1.807) is 6.92 Å². The molecule has 3 rings (SSSR count). The molecular formula is C19H17ClF2N4OS. The van der Waals surface area contributed by atoms with Crippen LogP contribution in [-0.4, -0.2) is 23.8 Å². The average Bonchev–Trinajstić information content (AvgIpc) is 3.01. The molecule has 5 nitrogen and oxygen atoms in total. The highest BCUT2D eigenvalue weighted by Gasteiger charge is 2.50. The lowest BCUT2D eigenvalue weighted by Crippen LogP contribution is -2.62. The lowest BCUT2D eigenvalue weighted by molar-refractivity contribution is -0.131. The minimum absolute atomic E-state index is 0.108. The zero-order valence-corrected chi connectivity index (χ0v) is 16.9. The van der Waals surface area contributed by atoms with Gasteiger partial charge in [-0.25, -0.2) is 8.78 Å². The lowest BCUT2D eigenvalue weighted by Gasteiger charge is -2.45. The minimum atomic E-state index is -2.99. The van der Waals surface area contributed by atoms with E-state index < -0.39 is 17.4 Å². The molecule has 1 amide bonds. The molecule has 1 aliphatic rings. The van der Waals surface area contributed by atoms with Gasteiger partial charge in [0.25, 0.3) is 5.92 Å². The number of alkyl halides is 2. The summed E-state index contributed by atoms with van der Waals surface area (Å²) < 4.78 is 27.1. The van der Waals surface area contributed by atoms with Crippen molar-refractivity contribution in [2.45, 2.75) is 31.2 Å². The van der Waals surface area contributed by atoms with E-state index in [1.165, 1.54) is 42.3 Å². The molecular weight excluding hydrogens is 406 g/mol. The van der Waals surface area contributed by atoms with Gasteiger partial charge in [0, 0.05) is 19.5 Å². The molecule has 0 aliphatic carbocycles. The minimum Gasteiger partial charge on any atom is -0.345 e. The molecule has 0 spiro atoms. The second-order valence-electron chi connectivity index (χ2n) is 6.92. The maximum absolute atomic E-state index is 13.6. The molecule has 0 saturated carbocycles. The van der Waals surface area contributed by atoms with Crippen LogP contribution in [0.5, 0.6) is 0 Å². The fraction of sp³-hybridized carbons (Fsp3) is 0.316. The smallest absolute Gasteiger partial charge is 0.270 e. The van der Waals surface area contributed by atoms with Crippen molar-refractivity contribution in [3.63, 3.8) is 0 Å². The Labute approximate surface area is 170 Å². The molecule has 1 unspecified atom stereocenters. The third-order valence-electron chi connectivity index (χ3n) is 4.89. The second-order valence-corrected chi connectivity index (χ2v) is 8.38. The van der Waals surface area contributed by atoms with Gasteiger partial charge in [-0.2, -0.15) is 5.26 Å². The molecule has 0 radical (unpaired) electrons. The number of hydrogen-bond acceptors (Lipinski definition) is 4. The van der Waals surface area contributed by atoms with Crippen molar-refractivity contribution in [2.24, 2.45) is 0 Å². The Morgan fingerprint density at radius 3 is 2.50 bits per heavy atom. The summed E-state index contributed by atoms with van der Waals surface area (Å²) in [6, 6.07) is 9.11. The first kappa shape index (κ1) is 20.2. The summed E-state index contributed by atoms with van der Waals surface area (Å²) >= 11 is 7.47. The van der Waals surface area contributed by atoms with Gasteiger partial charge in [0.2, 0.25) is 5.91 Å². The Morgan fingerprint density at radius 2 is 2.00 bits per heavy atom. The number of likely N-dealkylation sites (N-methyl/N-ethyl adjacent to an activating group) is 1. The van der Waals surface area contributed by atoms with Crippen molar-refractivity contribution in [1.29, 1.82) is 10.7 Å². The second kappa shape index (κ2) is 6.83. The molecule has 1 aliphatic heterocycles. The molecule has 146 valence electrons. The number of nitrogens with zero attached hydrogens (tertiary/aromatic N) is 2. The molecule has 2 heterocycles. The van der Waals surface area contributed by atoms with E-state index in [1.807, 2.05) is 6.07 Å². The van der Waals surface area contributed by atoms with Crippen LogP contribution in [0.3, 0.4) is 0 Å². The van der Waals surface area contributed by atoms with Gasteiger partial charge in [-0.05, 0) is 18.6 Å². The number of halogens is 3. The third kappa shape index (κ3) is 3.25. The van der Waals surface area contributed by atoms with Crippen LogP contribution in [0.25, 0.3) is 0 Å². The fourth-order valence-corrected chi connectivity index (χ4v) is 4.83. The Kier molecular flexibility index (Phi) is 4.94. The summed E-state index contributed by atoms with van der Waals surface area (Å²) in [5.41, 5.74) is -0.764. The molecule has 2 atom stereocenters. The maximum Gasteiger partial charge on any atom is 0.270 e. The van der Waals surface area contributed by atoms with Crippen LogP contribution < -0.4 is 5.32 Å². The summed E-state index contributed by atoms with van der Waals surface area (Å²) in [4.78, 5) is 15.2. The highest BCUT2D eigenvalue weighted by Crippen LogP contribution is 2.46. The molecule has 0 bridgehead atoms. The van der Waals surface area contributed by atoms with Crippen molar-refractivity contribution in [1.82, 2.24) is 10.2 Å². The number of benzene rings is 1. The summed E-state index contributed by atoms with van der Waals surface area (Å²) in [6.45, 7) is 2.53. The summed E-state index contributed by atoms with van der Waals surface area (Å²) in [5, 5.41) is 20.6. The van der Waals surface area contributed by atoms with Crippen LogP contribution in [0.1, 0.15) is 40.6 Å². The predicted octanol–water partition coefficient (Wildman–Crippen LogP) is 4.38. The van der Waals surface area contributed by atoms with Gasteiger partial charge in [-0.15, -0.1) is 11.3 Å². The first-order chi connectivity index (χ1) is 13.0. The summed E-state index contributed by atoms with van der Waals surface area (Å²) in [5.74, 6) is -4.29. The standard InChI is InChI=1S/C19H17ClF2N4OS/c1-18(15-13(20)8-12(9-23)28-15)14(16(27)26(3)17(24)25-18)10-4-6-11(7-5-10)19(2,21)22/h4-8,14H,1-3H3,(H2,24,25)/t14?,18-/m0/s1. The van der Waals surface area contributed by atoms with Crippen LogP contribution in [0.2, 0.25) is 5.02 Å². The Hall–Kier alpha value is -2.50. The SMILES string of the molecule is CN1C(=N)N[C@](C)(c2sc(C#N)cc2Cl)C(c2ccc(C(C)(F)F)cc2)C1=O. The Balaban J connectivity index is 2.16. The first-order valence-electron chi connectivity index (χ1n) is 8.31. The molecule has 1 saturated heterocycles. The van der Waals surface area contributed by atoms with E-state index >= 15 is 0 Å². The number of nitrogens with one attached hydrogen (secondary N) is 2. The van der Waals surface area contributed by atoms with Crippen LogP contribution in [0.4, 0.5) is 8.78 Å². The zero-order valence-electron chi connectivity index (χ0n) is 15.3. The lowest BCUT2D eigenvalue weighted by atomic mass is 9.76. The van der Waals surface area contributed by atoms with E-state index in [9.17, 15) is 18.8 Å². The Morgan fingerprint density at radius 1 is 1.39 bits per heavy atom. The van der Waals surface area contributed by atoms with Crippen LogP contribution in [-0.2, 0) is 16.3 Å². The van der Waals surface area contributed by atoms with E-state index in [0.29, 0.717) is 20.3 Å². The first-order valence-corrected chi connectivity index (χ1v) is 9.51. The molecule has 1 fully saturated rings. The Bertz CT molecular complexity index is 993. The monoisotopic (exact) mass is 422 g/mol. The van der Waals surface area contributed by atoms with Crippen molar-refractivity contribution < 1.29 is 13.6 Å². The number of hydrogen-bond donors (Lipinski definition) is 2. The quantitative estimate of drug-likeness (QED) is 0.770. The number of carbonyl (C=O) groups is 1. The van der Waals surface area contributed by atoms with Gasteiger partial charge in [-0.1, -0.05) is 35.9 Å². The molecule has 2 aromatic rings. The number of thiophene rings is 1. The summed E-state index contributed by atoms with van der Waals surface area (Å²) in [6.07, 6.45) is 0. The number of nitriles is 1. The highest BCUT2D eigenvalue weighted by atomic mass is 35.5. The molecule has 1 aromatic carbocycles. The van der Waals surface area contributed by atoms with Crippen molar-refractivity contribution in [2.75, 3.05) is 7.05 Å². The molecule has 9 heteroatoms. The van der Waals surface area contributed by atoms with Gasteiger partial charge in [-0.3, -0.25) is 15.1 Å². The van der Waals surface area contributed by atoms with Crippen molar-refractivity contribution >= 4 is 34.8 Å².